The number of hydrogen-bond donors (Lipinski definition) is 1. The Balaban J connectivity index is 0. The van der Waals surface area contributed by atoms with Gasteiger partial charge in [0.15, 0.2) is 12.4 Å². The highest BCUT2D eigenvalue weighted by Crippen LogP contribution is 1.91. The summed E-state index contributed by atoms with van der Waals surface area (Å²) in [7, 11) is 1.85. The van der Waals surface area contributed by atoms with Crippen molar-refractivity contribution in [2.75, 3.05) is 7.05 Å². The fourth-order valence-corrected chi connectivity index (χ4v) is 0.810. The van der Waals surface area contributed by atoms with E-state index in [2.05, 4.69) is 5.32 Å². The minimum absolute atomic E-state index is 0. The summed E-state index contributed by atoms with van der Waals surface area (Å²) >= 11 is 0. The van der Waals surface area contributed by atoms with Gasteiger partial charge in [-0.2, -0.15) is 4.73 Å². The molecule has 0 radical (unpaired) electrons. The Morgan fingerprint density at radius 2 is 2.17 bits per heavy atom. The Hall–Kier alpha value is -0.510. The Bertz CT molecular complexity index is 220. The van der Waals surface area contributed by atoms with E-state index < -0.39 is 0 Å². The first-order chi connectivity index (χ1) is 4.83. The van der Waals surface area contributed by atoms with Crippen molar-refractivity contribution < 1.29 is 4.73 Å². The average molecular weight is 211 g/mol. The smallest absolute Gasteiger partial charge is 0.184 e. The quantitative estimate of drug-likeness (QED) is 0.582. The number of nitrogens with one attached hydrogen (secondary N) is 1. The van der Waals surface area contributed by atoms with E-state index in [9.17, 15) is 5.21 Å². The van der Waals surface area contributed by atoms with E-state index in [0.29, 0.717) is 0 Å². The summed E-state index contributed by atoms with van der Waals surface area (Å²) in [6.45, 7) is 0.739. The monoisotopic (exact) mass is 210 g/mol. The molecule has 1 heterocycles. The molecule has 0 fully saturated rings. The van der Waals surface area contributed by atoms with Crippen LogP contribution in [-0.2, 0) is 6.54 Å². The van der Waals surface area contributed by atoms with Crippen molar-refractivity contribution in [3.05, 3.63) is 35.3 Å². The molecule has 0 aliphatic rings. The number of nitrogens with zero attached hydrogens (tertiary/aromatic N) is 1. The fourth-order valence-electron chi connectivity index (χ4n) is 0.810. The zero-order chi connectivity index (χ0) is 7.40. The van der Waals surface area contributed by atoms with E-state index in [0.717, 1.165) is 16.8 Å². The van der Waals surface area contributed by atoms with Crippen LogP contribution < -0.4 is 10.0 Å². The molecule has 0 saturated carbocycles. The lowest BCUT2D eigenvalue weighted by Crippen LogP contribution is -2.25. The van der Waals surface area contributed by atoms with Crippen LogP contribution in [0.3, 0.4) is 0 Å². The van der Waals surface area contributed by atoms with Crippen LogP contribution in [-0.4, -0.2) is 7.05 Å². The number of pyridine rings is 1. The third-order valence-corrected chi connectivity index (χ3v) is 1.22. The van der Waals surface area contributed by atoms with E-state index in [4.69, 9.17) is 0 Å². The Kier molecular flexibility index (Phi) is 8.37. The highest BCUT2D eigenvalue weighted by atomic mass is 35.5. The second kappa shape index (κ2) is 7.16. The lowest BCUT2D eigenvalue weighted by atomic mass is 10.3. The maximum absolute atomic E-state index is 10.7. The number of aromatic nitrogens is 1. The van der Waals surface area contributed by atoms with Crippen molar-refractivity contribution in [1.82, 2.24) is 5.32 Å². The van der Waals surface area contributed by atoms with Crippen LogP contribution in [0.25, 0.3) is 0 Å². The van der Waals surface area contributed by atoms with E-state index in [1.807, 2.05) is 13.1 Å². The van der Waals surface area contributed by atoms with Crippen LogP contribution in [0.4, 0.5) is 0 Å². The Morgan fingerprint density at radius 3 is 2.67 bits per heavy atom. The van der Waals surface area contributed by atoms with Crippen LogP contribution in [0.15, 0.2) is 24.5 Å². The maximum atomic E-state index is 10.7. The molecule has 1 aromatic heterocycles. The van der Waals surface area contributed by atoms with Crippen LogP contribution in [0, 0.1) is 5.21 Å². The number of halogens is 2. The first-order valence-electron chi connectivity index (χ1n) is 3.15. The molecule has 0 aromatic carbocycles. The van der Waals surface area contributed by atoms with Crippen LogP contribution >= 0.6 is 24.8 Å². The average Bonchev–Trinajstić information content (AvgIpc) is 1.88. The normalized spacial score (nSPS) is 8.08. The van der Waals surface area contributed by atoms with Crippen molar-refractivity contribution in [3.63, 3.8) is 0 Å². The molecular weight excluding hydrogens is 199 g/mol. The van der Waals surface area contributed by atoms with Crippen molar-refractivity contribution in [2.45, 2.75) is 6.54 Å². The van der Waals surface area contributed by atoms with Gasteiger partial charge in [-0.3, -0.25) is 0 Å². The van der Waals surface area contributed by atoms with Gasteiger partial charge in [0.25, 0.3) is 0 Å². The molecule has 1 rings (SSSR count). The lowest BCUT2D eigenvalue weighted by Gasteiger charge is -1.98. The van der Waals surface area contributed by atoms with Gasteiger partial charge in [0.2, 0.25) is 0 Å². The van der Waals surface area contributed by atoms with Gasteiger partial charge in [0.05, 0.1) is 0 Å². The molecular formula is C7H12Cl2N2O. The molecule has 0 atom stereocenters. The molecule has 0 unspecified atom stereocenters. The summed E-state index contributed by atoms with van der Waals surface area (Å²) in [5, 5.41) is 13.6. The van der Waals surface area contributed by atoms with Crippen LogP contribution in [0.2, 0.25) is 0 Å². The molecule has 1 aromatic rings. The molecule has 3 nitrogen and oxygen atoms in total. The summed E-state index contributed by atoms with van der Waals surface area (Å²) in [6, 6.07) is 3.64. The molecule has 70 valence electrons. The summed E-state index contributed by atoms with van der Waals surface area (Å²) in [6.07, 6.45) is 3.02. The summed E-state index contributed by atoms with van der Waals surface area (Å²) in [5.74, 6) is 0. The van der Waals surface area contributed by atoms with E-state index in [-0.39, 0.29) is 24.8 Å². The molecule has 0 amide bonds. The van der Waals surface area contributed by atoms with Gasteiger partial charge in [-0.05, 0) is 13.1 Å². The van der Waals surface area contributed by atoms with Crippen molar-refractivity contribution >= 4 is 24.8 Å². The highest BCUT2D eigenvalue weighted by molar-refractivity contribution is 5.85. The largest absolute Gasteiger partial charge is 0.619 e. The van der Waals surface area contributed by atoms with Crippen LogP contribution in [0.1, 0.15) is 5.56 Å². The highest BCUT2D eigenvalue weighted by Gasteiger charge is 1.92. The molecule has 0 aliphatic carbocycles. The summed E-state index contributed by atoms with van der Waals surface area (Å²) < 4.78 is 0.798. The second-order valence-electron chi connectivity index (χ2n) is 2.10. The molecule has 1 N–H and O–H groups in total. The van der Waals surface area contributed by atoms with Crippen molar-refractivity contribution in [1.29, 1.82) is 0 Å². The van der Waals surface area contributed by atoms with E-state index in [1.54, 1.807) is 12.3 Å². The SMILES string of the molecule is CNCc1ccc[n+]([O-])c1.Cl.Cl. The molecule has 12 heavy (non-hydrogen) atoms. The fraction of sp³-hybridized carbons (Fsp3) is 0.286. The number of rotatable bonds is 2. The lowest BCUT2D eigenvalue weighted by molar-refractivity contribution is -0.605. The first kappa shape index (κ1) is 14.0. The molecule has 0 bridgehead atoms. The zero-order valence-corrected chi connectivity index (χ0v) is 8.32. The van der Waals surface area contributed by atoms with Crippen LogP contribution in [0.5, 0.6) is 0 Å². The third kappa shape index (κ3) is 4.38. The summed E-state index contributed by atoms with van der Waals surface area (Å²) in [5.41, 5.74) is 1.00. The molecule has 0 aliphatic heterocycles. The predicted molar refractivity (Wildman–Crippen MR) is 52.7 cm³/mol. The van der Waals surface area contributed by atoms with Crippen molar-refractivity contribution in [3.8, 4) is 0 Å². The Labute approximate surface area is 84.2 Å². The van der Waals surface area contributed by atoms with Gasteiger partial charge in [-0.25, -0.2) is 0 Å². The van der Waals surface area contributed by atoms with Gasteiger partial charge in [-0.1, -0.05) is 0 Å². The zero-order valence-electron chi connectivity index (χ0n) is 6.69. The van der Waals surface area contributed by atoms with E-state index >= 15 is 0 Å². The molecule has 0 saturated heterocycles. The van der Waals surface area contributed by atoms with Gasteiger partial charge in [0, 0.05) is 18.2 Å². The summed E-state index contributed by atoms with van der Waals surface area (Å²) in [4.78, 5) is 0. The minimum atomic E-state index is 0. The minimum Gasteiger partial charge on any atom is -0.619 e. The number of hydrogen-bond acceptors (Lipinski definition) is 2. The first-order valence-corrected chi connectivity index (χ1v) is 3.15. The topological polar surface area (TPSA) is 39.0 Å². The molecule has 0 spiro atoms. The maximum Gasteiger partial charge on any atom is 0.184 e. The third-order valence-electron chi connectivity index (χ3n) is 1.22. The van der Waals surface area contributed by atoms with Crippen molar-refractivity contribution in [2.24, 2.45) is 0 Å². The van der Waals surface area contributed by atoms with Gasteiger partial charge >= 0.3 is 0 Å². The van der Waals surface area contributed by atoms with Gasteiger partial charge in [-0.15, -0.1) is 24.8 Å². The second-order valence-corrected chi connectivity index (χ2v) is 2.10. The molecule has 5 heteroatoms. The predicted octanol–water partition coefficient (Wildman–Crippen LogP) is 0.883. The van der Waals surface area contributed by atoms with E-state index in [1.165, 1.54) is 6.20 Å². The van der Waals surface area contributed by atoms with Gasteiger partial charge in [0.1, 0.15) is 0 Å². The standard InChI is InChI=1S/C7H10N2O.2ClH/c1-8-5-7-3-2-4-9(10)6-7;;/h2-4,6,8H,5H2,1H3;2*1H. The van der Waals surface area contributed by atoms with Gasteiger partial charge < -0.3 is 10.5 Å². The Morgan fingerprint density at radius 1 is 1.50 bits per heavy atom.